The Morgan fingerprint density at radius 3 is 2.34 bits per heavy atom. The first-order valence-electron chi connectivity index (χ1n) is 14.4. The minimum Gasteiger partial charge on any atom is -0.508 e. The van der Waals surface area contributed by atoms with Gasteiger partial charge in [-0.3, -0.25) is 14.4 Å². The molecule has 1 fully saturated rings. The summed E-state index contributed by atoms with van der Waals surface area (Å²) in [6, 6.07) is 12.1. The molecule has 3 N–H and O–H groups in total. The van der Waals surface area contributed by atoms with Crippen molar-refractivity contribution < 1.29 is 34.4 Å². The van der Waals surface area contributed by atoms with Gasteiger partial charge in [0.2, 0.25) is 5.78 Å². The van der Waals surface area contributed by atoms with E-state index in [0.717, 1.165) is 36.5 Å². The molecule has 5 rings (SSSR count). The van der Waals surface area contributed by atoms with E-state index >= 15 is 0 Å². The number of hydrogen-bond donors (Lipinski definition) is 3. The van der Waals surface area contributed by atoms with Crippen molar-refractivity contribution in [2.24, 2.45) is 11.8 Å². The van der Waals surface area contributed by atoms with Gasteiger partial charge >= 0.3 is 0 Å². The highest BCUT2D eigenvalue weighted by Gasteiger charge is 2.60. The van der Waals surface area contributed by atoms with Crippen molar-refractivity contribution in [1.82, 2.24) is 0 Å². The SMILES string of the molecule is CCCCOc1ccc(-c2ccc(C(C)(C)C)cc2)c2c1C(O)=C1C(=O)[C@]3(O)C(O)=C(C(C)=O)C(=O)C[C@@H]3C[C@@H]1C2. The van der Waals surface area contributed by atoms with E-state index in [1.807, 2.05) is 6.07 Å². The zero-order valence-corrected chi connectivity index (χ0v) is 24.3. The first kappa shape index (κ1) is 28.8. The van der Waals surface area contributed by atoms with Crippen LogP contribution in [0.5, 0.6) is 5.75 Å². The Labute approximate surface area is 240 Å². The Morgan fingerprint density at radius 2 is 1.73 bits per heavy atom. The molecule has 41 heavy (non-hydrogen) atoms. The molecule has 216 valence electrons. The highest BCUT2D eigenvalue weighted by Crippen LogP contribution is 2.53. The van der Waals surface area contributed by atoms with E-state index in [-0.39, 0.29) is 29.6 Å². The van der Waals surface area contributed by atoms with E-state index in [1.165, 1.54) is 5.56 Å². The highest BCUT2D eigenvalue weighted by molar-refractivity contribution is 6.23. The third kappa shape index (κ3) is 4.60. The summed E-state index contributed by atoms with van der Waals surface area (Å²) in [7, 11) is 0. The number of aliphatic hydroxyl groups excluding tert-OH is 2. The molecule has 0 heterocycles. The van der Waals surface area contributed by atoms with E-state index in [2.05, 4.69) is 52.0 Å². The van der Waals surface area contributed by atoms with Crippen LogP contribution in [0.15, 0.2) is 53.3 Å². The number of rotatable bonds is 6. The molecular formula is C34H38O7. The van der Waals surface area contributed by atoms with Crippen molar-refractivity contribution in [3.05, 3.63) is 70.0 Å². The molecule has 0 aromatic heterocycles. The second-order valence-corrected chi connectivity index (χ2v) is 12.6. The number of aliphatic hydroxyl groups is 3. The summed E-state index contributed by atoms with van der Waals surface area (Å²) in [5.41, 5.74) is 1.29. The van der Waals surface area contributed by atoms with E-state index < -0.39 is 46.1 Å². The number of hydrogen-bond acceptors (Lipinski definition) is 7. The molecule has 3 aliphatic carbocycles. The average molecular weight is 559 g/mol. The largest absolute Gasteiger partial charge is 0.508 e. The topological polar surface area (TPSA) is 121 Å². The molecule has 0 spiro atoms. The van der Waals surface area contributed by atoms with Gasteiger partial charge in [0.25, 0.3) is 0 Å². The second kappa shape index (κ2) is 10.3. The summed E-state index contributed by atoms with van der Waals surface area (Å²) >= 11 is 0. The van der Waals surface area contributed by atoms with E-state index in [0.29, 0.717) is 24.3 Å². The van der Waals surface area contributed by atoms with E-state index in [1.54, 1.807) is 6.07 Å². The van der Waals surface area contributed by atoms with Crippen LogP contribution < -0.4 is 4.74 Å². The molecule has 3 aliphatic rings. The quantitative estimate of drug-likeness (QED) is 0.295. The molecule has 0 unspecified atom stereocenters. The van der Waals surface area contributed by atoms with Crippen molar-refractivity contribution in [1.29, 1.82) is 0 Å². The number of ketones is 3. The molecular weight excluding hydrogens is 520 g/mol. The Balaban J connectivity index is 1.68. The fourth-order valence-corrected chi connectivity index (χ4v) is 6.58. The Kier molecular flexibility index (Phi) is 7.23. The van der Waals surface area contributed by atoms with Crippen LogP contribution in [0.3, 0.4) is 0 Å². The minimum atomic E-state index is -2.45. The fourth-order valence-electron chi connectivity index (χ4n) is 6.58. The lowest BCUT2D eigenvalue weighted by atomic mass is 9.59. The Morgan fingerprint density at radius 1 is 1.05 bits per heavy atom. The van der Waals surface area contributed by atoms with E-state index in [9.17, 15) is 29.7 Å². The van der Waals surface area contributed by atoms with Gasteiger partial charge < -0.3 is 20.1 Å². The first-order valence-corrected chi connectivity index (χ1v) is 14.4. The molecule has 2 aromatic carbocycles. The van der Waals surface area contributed by atoms with Gasteiger partial charge in [0.05, 0.1) is 12.2 Å². The van der Waals surface area contributed by atoms with Crippen molar-refractivity contribution in [2.45, 2.75) is 77.7 Å². The molecule has 3 atom stereocenters. The maximum Gasteiger partial charge on any atom is 0.202 e. The second-order valence-electron chi connectivity index (χ2n) is 12.6. The van der Waals surface area contributed by atoms with Crippen LogP contribution in [-0.2, 0) is 26.2 Å². The van der Waals surface area contributed by atoms with Gasteiger partial charge in [-0.05, 0) is 65.8 Å². The smallest absolute Gasteiger partial charge is 0.202 e. The Hall–Kier alpha value is -3.71. The van der Waals surface area contributed by atoms with Crippen LogP contribution >= 0.6 is 0 Å². The van der Waals surface area contributed by atoms with Crippen molar-refractivity contribution >= 4 is 23.1 Å². The zero-order valence-electron chi connectivity index (χ0n) is 24.3. The molecule has 1 saturated carbocycles. The number of fused-ring (bicyclic) bond motifs is 3. The number of unbranched alkanes of at least 4 members (excludes halogenated alkanes) is 1. The molecule has 7 nitrogen and oxygen atoms in total. The van der Waals surface area contributed by atoms with Crippen LogP contribution in [0, 0.1) is 11.8 Å². The van der Waals surface area contributed by atoms with Crippen molar-refractivity contribution in [2.75, 3.05) is 6.61 Å². The molecule has 0 amide bonds. The minimum absolute atomic E-state index is 0.000577. The van der Waals surface area contributed by atoms with Gasteiger partial charge in [-0.15, -0.1) is 0 Å². The maximum atomic E-state index is 14.0. The van der Waals surface area contributed by atoms with E-state index in [4.69, 9.17) is 4.74 Å². The van der Waals surface area contributed by atoms with Crippen LogP contribution in [-0.4, -0.2) is 44.9 Å². The lowest BCUT2D eigenvalue weighted by Crippen LogP contribution is -2.57. The number of allylic oxidation sites excluding steroid dienone is 1. The van der Waals surface area contributed by atoms with Gasteiger partial charge in [0.1, 0.15) is 22.8 Å². The summed E-state index contributed by atoms with van der Waals surface area (Å²) in [5, 5.41) is 34.3. The summed E-state index contributed by atoms with van der Waals surface area (Å²) < 4.78 is 6.08. The molecule has 2 aromatic rings. The maximum absolute atomic E-state index is 14.0. The molecule has 0 saturated heterocycles. The van der Waals surface area contributed by atoms with Crippen molar-refractivity contribution in [3.8, 4) is 16.9 Å². The zero-order chi connectivity index (χ0) is 29.9. The van der Waals surface area contributed by atoms with Gasteiger partial charge in [0, 0.05) is 17.9 Å². The third-order valence-corrected chi connectivity index (χ3v) is 8.85. The number of benzene rings is 2. The Bertz CT molecular complexity index is 1500. The predicted molar refractivity (Wildman–Crippen MR) is 156 cm³/mol. The molecule has 0 aliphatic heterocycles. The lowest BCUT2D eigenvalue weighted by molar-refractivity contribution is -0.147. The van der Waals surface area contributed by atoms with Gasteiger partial charge in [-0.2, -0.15) is 0 Å². The number of carbonyl (C=O) groups excluding carboxylic acids is 3. The van der Waals surface area contributed by atoms with Crippen LogP contribution in [0.1, 0.15) is 77.0 Å². The first-order chi connectivity index (χ1) is 19.3. The van der Waals surface area contributed by atoms with Gasteiger partial charge in [-0.25, -0.2) is 0 Å². The summed E-state index contributed by atoms with van der Waals surface area (Å²) in [6.45, 7) is 10.1. The highest BCUT2D eigenvalue weighted by atomic mass is 16.5. The van der Waals surface area contributed by atoms with Gasteiger partial charge in [0.15, 0.2) is 17.2 Å². The molecule has 0 radical (unpaired) electrons. The summed E-state index contributed by atoms with van der Waals surface area (Å²) in [5.74, 6) is -4.33. The monoisotopic (exact) mass is 558 g/mol. The van der Waals surface area contributed by atoms with Crippen LogP contribution in [0.25, 0.3) is 16.9 Å². The van der Waals surface area contributed by atoms with Crippen LogP contribution in [0.2, 0.25) is 0 Å². The number of carbonyl (C=O) groups is 3. The number of ether oxygens (including phenoxy) is 1. The number of Topliss-reactive ketones (excluding diaryl/α,β-unsaturated/α-hetero) is 3. The average Bonchev–Trinajstić information content (AvgIpc) is 2.90. The fraction of sp³-hybridized carbons (Fsp3) is 0.441. The molecule has 0 bridgehead atoms. The summed E-state index contributed by atoms with van der Waals surface area (Å²) in [6.07, 6.45) is 2.06. The standard InChI is InChI=1S/C34H38O7/c1-6-7-14-41-26-13-12-23(19-8-10-21(11-9-19)33(3,4)5)24-16-20-15-22-17-25(36)27(18(2)35)31(38)34(22,40)32(39)28(20)30(37)29(24)26/h8-13,20,22,37-38,40H,6-7,14-17H2,1-5H3/t20-,22+,34-/m1/s1. The normalized spacial score (nSPS) is 24.1. The molecule has 7 heteroatoms. The summed E-state index contributed by atoms with van der Waals surface area (Å²) in [4.78, 5) is 38.8. The van der Waals surface area contributed by atoms with Crippen molar-refractivity contribution in [3.63, 3.8) is 0 Å². The van der Waals surface area contributed by atoms with Crippen LogP contribution in [0.4, 0.5) is 0 Å². The third-order valence-electron chi connectivity index (χ3n) is 8.85. The van der Waals surface area contributed by atoms with Gasteiger partial charge in [-0.1, -0.05) is 64.4 Å². The lowest BCUT2D eigenvalue weighted by Gasteiger charge is -2.46. The predicted octanol–water partition coefficient (Wildman–Crippen LogP) is 5.97.